The van der Waals surface area contributed by atoms with Crippen LogP contribution in [0.2, 0.25) is 0 Å². The van der Waals surface area contributed by atoms with Gasteiger partial charge in [0.2, 0.25) is 0 Å². The summed E-state index contributed by atoms with van der Waals surface area (Å²) in [5.41, 5.74) is 13.6. The van der Waals surface area contributed by atoms with E-state index in [1.54, 1.807) is 0 Å². The highest BCUT2D eigenvalue weighted by Crippen LogP contribution is 2.11. The van der Waals surface area contributed by atoms with E-state index in [9.17, 15) is 13.2 Å². The minimum Gasteiger partial charge on any atom is -0.362 e. The smallest absolute Gasteiger partial charge is 0.362 e. The Morgan fingerprint density at radius 3 is 1.36 bits per heavy atom. The first-order valence-corrected chi connectivity index (χ1v) is 2.63. The lowest BCUT2D eigenvalue weighted by atomic mass is 10.6. The van der Waals surface area contributed by atoms with Crippen molar-refractivity contribution >= 4 is 5.91 Å². The lowest BCUT2D eigenvalue weighted by molar-refractivity contribution is -0.169. The van der Waals surface area contributed by atoms with Crippen molar-refractivity contribution in [2.75, 3.05) is 13.1 Å². The molecule has 0 saturated heterocycles. The highest BCUT2D eigenvalue weighted by atomic mass is 19.4. The molecule has 0 aliphatic rings. The third kappa shape index (κ3) is 12.4. The average molecular weight is 173 g/mol. The van der Waals surface area contributed by atoms with Gasteiger partial charge in [-0.05, 0) is 0 Å². The molecule has 0 radical (unpaired) electrons. The Balaban J connectivity index is 0. The topological polar surface area (TPSA) is 95.1 Å². The van der Waals surface area contributed by atoms with E-state index < -0.39 is 12.1 Å². The Morgan fingerprint density at radius 1 is 1.18 bits per heavy atom. The van der Waals surface area contributed by atoms with Crippen molar-refractivity contribution < 1.29 is 18.0 Å². The summed E-state index contributed by atoms with van der Waals surface area (Å²) >= 11 is 0. The summed E-state index contributed by atoms with van der Waals surface area (Å²) in [5, 5.41) is 0. The van der Waals surface area contributed by atoms with Gasteiger partial charge in [-0.2, -0.15) is 13.2 Å². The SMILES string of the molecule is NC(=O)C(F)(F)F.NCCN. The van der Waals surface area contributed by atoms with Gasteiger partial charge in [0.1, 0.15) is 0 Å². The second-order valence-corrected chi connectivity index (χ2v) is 1.44. The maximum absolute atomic E-state index is 10.7. The van der Waals surface area contributed by atoms with Crippen LogP contribution < -0.4 is 17.2 Å². The molecular formula is C4H10F3N3O. The van der Waals surface area contributed by atoms with Crippen LogP contribution in [0.5, 0.6) is 0 Å². The third-order valence-electron chi connectivity index (χ3n) is 0.446. The summed E-state index contributed by atoms with van der Waals surface area (Å²) in [4.78, 5) is 9.12. The molecule has 0 bridgehead atoms. The Morgan fingerprint density at radius 2 is 1.36 bits per heavy atom. The molecule has 0 saturated carbocycles. The van der Waals surface area contributed by atoms with E-state index in [-0.39, 0.29) is 0 Å². The van der Waals surface area contributed by atoms with Crippen LogP contribution in [0.3, 0.4) is 0 Å². The maximum Gasteiger partial charge on any atom is 0.470 e. The number of hydrogen-bond donors (Lipinski definition) is 3. The van der Waals surface area contributed by atoms with Crippen molar-refractivity contribution in [2.24, 2.45) is 17.2 Å². The predicted octanol–water partition coefficient (Wildman–Crippen LogP) is -1.06. The van der Waals surface area contributed by atoms with Gasteiger partial charge in [0, 0.05) is 13.1 Å². The second kappa shape index (κ2) is 5.93. The molecule has 0 aromatic rings. The number of hydrogen-bond acceptors (Lipinski definition) is 3. The van der Waals surface area contributed by atoms with Crippen LogP contribution in [0.25, 0.3) is 0 Å². The van der Waals surface area contributed by atoms with E-state index in [0.29, 0.717) is 13.1 Å². The number of carbonyl (C=O) groups is 1. The van der Waals surface area contributed by atoms with Crippen LogP contribution in [-0.4, -0.2) is 25.2 Å². The van der Waals surface area contributed by atoms with Crippen LogP contribution >= 0.6 is 0 Å². The Hall–Kier alpha value is -0.820. The number of rotatable bonds is 1. The van der Waals surface area contributed by atoms with Gasteiger partial charge in [-0.15, -0.1) is 0 Å². The van der Waals surface area contributed by atoms with E-state index in [0.717, 1.165) is 0 Å². The summed E-state index contributed by atoms with van der Waals surface area (Å²) in [6.07, 6.45) is -4.86. The van der Waals surface area contributed by atoms with Crippen LogP contribution in [0, 0.1) is 0 Å². The molecule has 6 N–H and O–H groups in total. The monoisotopic (exact) mass is 173 g/mol. The van der Waals surface area contributed by atoms with Gasteiger partial charge in [0.25, 0.3) is 0 Å². The van der Waals surface area contributed by atoms with Crippen LogP contribution in [0.1, 0.15) is 0 Å². The number of nitrogens with two attached hydrogens (primary N) is 3. The minimum atomic E-state index is -4.86. The molecule has 4 nitrogen and oxygen atoms in total. The van der Waals surface area contributed by atoms with Gasteiger partial charge in [-0.25, -0.2) is 0 Å². The zero-order valence-corrected chi connectivity index (χ0v) is 5.69. The highest BCUT2D eigenvalue weighted by Gasteiger charge is 2.35. The van der Waals surface area contributed by atoms with Gasteiger partial charge in [-0.3, -0.25) is 4.79 Å². The van der Waals surface area contributed by atoms with Crippen LogP contribution in [0.4, 0.5) is 13.2 Å². The Labute approximate surface area is 61.5 Å². The fourth-order valence-corrected chi connectivity index (χ4v) is 0. The summed E-state index contributed by atoms with van der Waals surface area (Å²) < 4.78 is 32.1. The molecule has 0 unspecified atom stereocenters. The first-order chi connectivity index (χ1) is 4.86. The van der Waals surface area contributed by atoms with E-state index in [4.69, 9.17) is 16.3 Å². The van der Waals surface area contributed by atoms with Gasteiger partial charge < -0.3 is 17.2 Å². The molecule has 0 atom stereocenters. The molecule has 0 aromatic carbocycles. The predicted molar refractivity (Wildman–Crippen MR) is 33.4 cm³/mol. The number of amides is 1. The van der Waals surface area contributed by atoms with Gasteiger partial charge >= 0.3 is 12.1 Å². The molecule has 1 amide bonds. The molecule has 0 aliphatic heterocycles. The quantitative estimate of drug-likeness (QED) is 0.471. The van der Waals surface area contributed by atoms with Crippen LogP contribution in [-0.2, 0) is 4.79 Å². The maximum atomic E-state index is 10.7. The molecule has 11 heavy (non-hydrogen) atoms. The lowest BCUT2D eigenvalue weighted by Crippen LogP contribution is -2.30. The number of halogens is 3. The standard InChI is InChI=1S/C2H2F3NO.C2H8N2/c3-2(4,5)1(6)7;3-1-2-4/h(H2,6,7);1-4H2. The number of primary amides is 1. The Kier molecular flexibility index (Phi) is 6.91. The highest BCUT2D eigenvalue weighted by molar-refractivity contribution is 5.79. The molecule has 0 fully saturated rings. The van der Waals surface area contributed by atoms with Crippen molar-refractivity contribution in [1.82, 2.24) is 0 Å². The van der Waals surface area contributed by atoms with Gasteiger partial charge in [0.15, 0.2) is 0 Å². The molecule has 0 spiro atoms. The summed E-state index contributed by atoms with van der Waals surface area (Å²) in [6.45, 7) is 1.19. The molecule has 0 aliphatic carbocycles. The van der Waals surface area contributed by atoms with Crippen molar-refractivity contribution in [3.05, 3.63) is 0 Å². The van der Waals surface area contributed by atoms with E-state index in [2.05, 4.69) is 5.73 Å². The molecule has 0 heterocycles. The van der Waals surface area contributed by atoms with Gasteiger partial charge in [0.05, 0.1) is 0 Å². The molecular weight excluding hydrogens is 163 g/mol. The van der Waals surface area contributed by atoms with E-state index >= 15 is 0 Å². The van der Waals surface area contributed by atoms with Crippen molar-refractivity contribution in [1.29, 1.82) is 0 Å². The first-order valence-electron chi connectivity index (χ1n) is 2.63. The summed E-state index contributed by atoms with van der Waals surface area (Å²) in [5.74, 6) is -2.26. The molecule has 0 rings (SSSR count). The summed E-state index contributed by atoms with van der Waals surface area (Å²) in [6, 6.07) is 0. The average Bonchev–Trinajstić information content (AvgIpc) is 1.87. The fraction of sp³-hybridized carbons (Fsp3) is 0.750. The van der Waals surface area contributed by atoms with Crippen molar-refractivity contribution in [3.8, 4) is 0 Å². The molecule has 68 valence electrons. The number of carbonyl (C=O) groups excluding carboxylic acids is 1. The first kappa shape index (κ1) is 12.8. The second-order valence-electron chi connectivity index (χ2n) is 1.44. The van der Waals surface area contributed by atoms with Crippen molar-refractivity contribution in [3.63, 3.8) is 0 Å². The minimum absolute atomic E-state index is 0.597. The summed E-state index contributed by atoms with van der Waals surface area (Å²) in [7, 11) is 0. The normalized spacial score (nSPS) is 9.91. The lowest BCUT2D eigenvalue weighted by Gasteiger charge is -1.95. The zero-order chi connectivity index (χ0) is 9.49. The van der Waals surface area contributed by atoms with Crippen molar-refractivity contribution in [2.45, 2.75) is 6.18 Å². The third-order valence-corrected chi connectivity index (χ3v) is 0.446. The Bertz CT molecular complexity index is 112. The van der Waals surface area contributed by atoms with Gasteiger partial charge in [-0.1, -0.05) is 0 Å². The zero-order valence-electron chi connectivity index (χ0n) is 5.69. The fourth-order valence-electron chi connectivity index (χ4n) is 0. The van der Waals surface area contributed by atoms with Crippen LogP contribution in [0.15, 0.2) is 0 Å². The van der Waals surface area contributed by atoms with E-state index in [1.807, 2.05) is 0 Å². The van der Waals surface area contributed by atoms with E-state index in [1.165, 1.54) is 0 Å². The molecule has 0 aromatic heterocycles. The number of alkyl halides is 3. The molecule has 7 heteroatoms. The largest absolute Gasteiger partial charge is 0.470 e.